The van der Waals surface area contributed by atoms with Gasteiger partial charge < -0.3 is 10.0 Å². The number of pyridine rings is 1. The number of halogens is 2. The molecule has 2 heterocycles. The van der Waals surface area contributed by atoms with Gasteiger partial charge in [0, 0.05) is 33.3 Å². The van der Waals surface area contributed by atoms with Crippen LogP contribution in [0.5, 0.6) is 0 Å². The van der Waals surface area contributed by atoms with E-state index in [1.807, 2.05) is 61.9 Å². The summed E-state index contributed by atoms with van der Waals surface area (Å²) in [6, 6.07) is 20.3. The molecule has 4 aromatic rings. The van der Waals surface area contributed by atoms with Crippen molar-refractivity contribution < 1.29 is 5.11 Å². The van der Waals surface area contributed by atoms with Crippen molar-refractivity contribution in [1.29, 1.82) is 0 Å². The van der Waals surface area contributed by atoms with Crippen LogP contribution in [0.15, 0.2) is 70.5 Å². The third-order valence-corrected chi connectivity index (χ3v) is 7.25. The van der Waals surface area contributed by atoms with Crippen LogP contribution in [0, 0.1) is 0 Å². The Morgan fingerprint density at radius 3 is 2.55 bits per heavy atom. The van der Waals surface area contributed by atoms with Crippen molar-refractivity contribution in [3.8, 4) is 0 Å². The Morgan fingerprint density at radius 2 is 1.87 bits per heavy atom. The zero-order valence-corrected chi connectivity index (χ0v) is 20.6. The molecular formula is C25H24BrClN2OS. The molecule has 0 aliphatic rings. The second-order valence-corrected chi connectivity index (χ2v) is 10.2. The van der Waals surface area contributed by atoms with Gasteiger partial charge in [-0.05, 0) is 61.3 Å². The quantitative estimate of drug-likeness (QED) is 0.286. The predicted molar refractivity (Wildman–Crippen MR) is 134 cm³/mol. The average Bonchev–Trinajstić information content (AvgIpc) is 3.29. The van der Waals surface area contributed by atoms with Crippen molar-refractivity contribution in [3.63, 3.8) is 0 Å². The fraction of sp³-hybridized carbons (Fsp3) is 0.240. The van der Waals surface area contributed by atoms with E-state index < -0.39 is 5.60 Å². The molecule has 31 heavy (non-hydrogen) atoms. The lowest BCUT2D eigenvalue weighted by atomic mass is 9.86. The number of thiophene rings is 1. The van der Waals surface area contributed by atoms with Crippen molar-refractivity contribution in [1.82, 2.24) is 9.88 Å². The molecule has 0 bridgehead atoms. The van der Waals surface area contributed by atoms with E-state index in [1.54, 1.807) is 11.3 Å². The van der Waals surface area contributed by atoms with Crippen LogP contribution < -0.4 is 0 Å². The van der Waals surface area contributed by atoms with Gasteiger partial charge in [-0.25, -0.2) is 4.98 Å². The van der Waals surface area contributed by atoms with E-state index in [0.717, 1.165) is 37.9 Å². The van der Waals surface area contributed by atoms with Crippen LogP contribution in [0.2, 0.25) is 5.15 Å². The van der Waals surface area contributed by atoms with E-state index in [2.05, 4.69) is 39.0 Å². The van der Waals surface area contributed by atoms with E-state index in [0.29, 0.717) is 18.0 Å². The smallest absolute Gasteiger partial charge is 0.133 e. The van der Waals surface area contributed by atoms with Gasteiger partial charge in [-0.15, -0.1) is 11.3 Å². The average molecular weight is 516 g/mol. The lowest BCUT2D eigenvalue weighted by Gasteiger charge is -2.30. The first kappa shape index (κ1) is 22.4. The molecule has 160 valence electrons. The molecule has 0 saturated heterocycles. The normalized spacial score (nSPS) is 13.6. The molecule has 2 aromatic carbocycles. The van der Waals surface area contributed by atoms with Gasteiger partial charge in [-0.3, -0.25) is 0 Å². The first-order chi connectivity index (χ1) is 14.9. The van der Waals surface area contributed by atoms with Crippen molar-refractivity contribution in [2.45, 2.75) is 18.4 Å². The highest BCUT2D eigenvalue weighted by molar-refractivity contribution is 9.10. The van der Waals surface area contributed by atoms with Gasteiger partial charge in [-0.1, -0.05) is 63.9 Å². The van der Waals surface area contributed by atoms with Crippen LogP contribution in [0.3, 0.4) is 0 Å². The summed E-state index contributed by atoms with van der Waals surface area (Å²) >= 11 is 11.9. The maximum absolute atomic E-state index is 12.0. The minimum atomic E-state index is -1.16. The Balaban J connectivity index is 1.86. The molecule has 0 radical (unpaired) electrons. The molecule has 3 nitrogen and oxygen atoms in total. The van der Waals surface area contributed by atoms with Crippen molar-refractivity contribution in [2.24, 2.45) is 0 Å². The fourth-order valence-electron chi connectivity index (χ4n) is 3.82. The number of benzene rings is 2. The van der Waals surface area contributed by atoms with Crippen molar-refractivity contribution >= 4 is 49.8 Å². The minimum absolute atomic E-state index is 0.473. The van der Waals surface area contributed by atoms with Crippen LogP contribution in [-0.2, 0) is 12.0 Å². The molecule has 0 fully saturated rings. The van der Waals surface area contributed by atoms with E-state index in [1.165, 1.54) is 5.56 Å². The standard InChI is InChI=1S/C25H24BrClN2OS/c1-29(2)11-10-25(30,22-9-6-12-31-22)21-16-20(26)15-18-14-19(24(27)28-23(18)21)13-17-7-4-3-5-8-17/h3-9,12,14-16,30H,10-11,13H2,1-2H3. The number of rotatable bonds is 7. The number of fused-ring (bicyclic) bond motifs is 1. The number of aliphatic hydroxyl groups is 1. The van der Waals surface area contributed by atoms with Crippen LogP contribution in [0.1, 0.15) is 28.0 Å². The molecule has 4 rings (SSSR count). The zero-order chi connectivity index (χ0) is 22.0. The second kappa shape index (κ2) is 9.39. The fourth-order valence-corrected chi connectivity index (χ4v) is 5.37. The number of nitrogens with zero attached hydrogens (tertiary/aromatic N) is 2. The molecule has 0 aliphatic heterocycles. The highest BCUT2D eigenvalue weighted by Gasteiger charge is 2.35. The van der Waals surface area contributed by atoms with E-state index in [4.69, 9.17) is 16.6 Å². The van der Waals surface area contributed by atoms with E-state index >= 15 is 0 Å². The monoisotopic (exact) mass is 514 g/mol. The molecule has 6 heteroatoms. The van der Waals surface area contributed by atoms with Gasteiger partial charge in [-0.2, -0.15) is 0 Å². The molecular weight excluding hydrogens is 492 g/mol. The summed E-state index contributed by atoms with van der Waals surface area (Å²) in [4.78, 5) is 7.77. The highest BCUT2D eigenvalue weighted by Crippen LogP contribution is 2.41. The molecule has 1 atom stereocenters. The van der Waals surface area contributed by atoms with E-state index in [-0.39, 0.29) is 0 Å². The summed E-state index contributed by atoms with van der Waals surface area (Å²) in [5, 5.41) is 15.4. The number of hydrogen-bond acceptors (Lipinski definition) is 4. The molecule has 0 saturated carbocycles. The molecule has 2 aromatic heterocycles. The van der Waals surface area contributed by atoms with Gasteiger partial charge in [0.15, 0.2) is 0 Å². The Bertz CT molecular complexity index is 1180. The third kappa shape index (κ3) is 4.86. The third-order valence-electron chi connectivity index (χ3n) is 5.44. The van der Waals surface area contributed by atoms with Crippen LogP contribution in [0.25, 0.3) is 10.9 Å². The van der Waals surface area contributed by atoms with Crippen LogP contribution in [0.4, 0.5) is 0 Å². The van der Waals surface area contributed by atoms with Crippen molar-refractivity contribution in [2.75, 3.05) is 20.6 Å². The second-order valence-electron chi connectivity index (χ2n) is 8.02. The first-order valence-corrected chi connectivity index (χ1v) is 12.2. The molecule has 1 N–H and O–H groups in total. The van der Waals surface area contributed by atoms with E-state index in [9.17, 15) is 5.11 Å². The Kier molecular flexibility index (Phi) is 6.80. The summed E-state index contributed by atoms with van der Waals surface area (Å²) in [5.74, 6) is 0. The van der Waals surface area contributed by atoms with Crippen LogP contribution in [-0.4, -0.2) is 35.6 Å². The molecule has 0 amide bonds. The Morgan fingerprint density at radius 1 is 1.10 bits per heavy atom. The van der Waals surface area contributed by atoms with Gasteiger partial charge >= 0.3 is 0 Å². The topological polar surface area (TPSA) is 36.4 Å². The van der Waals surface area contributed by atoms with Gasteiger partial charge in [0.05, 0.1) is 5.52 Å². The maximum Gasteiger partial charge on any atom is 0.133 e. The Labute approximate surface area is 200 Å². The summed E-state index contributed by atoms with van der Waals surface area (Å²) in [6.45, 7) is 0.738. The van der Waals surface area contributed by atoms with Gasteiger partial charge in [0.1, 0.15) is 10.8 Å². The van der Waals surface area contributed by atoms with Crippen LogP contribution >= 0.6 is 38.9 Å². The summed E-state index contributed by atoms with van der Waals surface area (Å²) in [5.41, 5.74) is 2.51. The predicted octanol–water partition coefficient (Wildman–Crippen LogP) is 6.49. The molecule has 0 aliphatic carbocycles. The largest absolute Gasteiger partial charge is 0.379 e. The first-order valence-electron chi connectivity index (χ1n) is 10.1. The number of aromatic nitrogens is 1. The Hall–Kier alpha value is -1.76. The number of hydrogen-bond donors (Lipinski definition) is 1. The zero-order valence-electron chi connectivity index (χ0n) is 17.5. The SMILES string of the molecule is CN(C)CCC(O)(c1cccs1)c1cc(Br)cc2cc(Cc3ccccc3)c(Cl)nc12. The lowest BCUT2D eigenvalue weighted by molar-refractivity contribution is 0.0678. The van der Waals surface area contributed by atoms with Gasteiger partial charge in [0.2, 0.25) is 0 Å². The van der Waals surface area contributed by atoms with Gasteiger partial charge in [0.25, 0.3) is 0 Å². The maximum atomic E-state index is 12.0. The highest BCUT2D eigenvalue weighted by atomic mass is 79.9. The lowest BCUT2D eigenvalue weighted by Crippen LogP contribution is -2.31. The molecule has 0 spiro atoms. The summed E-state index contributed by atoms with van der Waals surface area (Å²) < 4.78 is 0.907. The summed E-state index contributed by atoms with van der Waals surface area (Å²) in [6.07, 6.45) is 1.26. The summed E-state index contributed by atoms with van der Waals surface area (Å²) in [7, 11) is 4.03. The minimum Gasteiger partial charge on any atom is -0.379 e. The van der Waals surface area contributed by atoms with Crippen molar-refractivity contribution in [3.05, 3.63) is 97.2 Å². The molecule has 1 unspecified atom stereocenters.